The normalized spacial score (nSPS) is 18.2. The van der Waals surface area contributed by atoms with Crippen molar-refractivity contribution in [1.82, 2.24) is 9.38 Å². The highest BCUT2D eigenvalue weighted by Gasteiger charge is 2.27. The average Bonchev–Trinajstić information content (AvgIpc) is 2.92. The second kappa shape index (κ2) is 6.87. The van der Waals surface area contributed by atoms with Crippen LogP contribution in [0, 0.1) is 12.8 Å². The van der Waals surface area contributed by atoms with Crippen LogP contribution in [-0.4, -0.2) is 9.38 Å². The lowest BCUT2D eigenvalue weighted by atomic mass is 9.83. The molecular weight excluding hydrogens is 294 g/mol. The fourth-order valence-corrected chi connectivity index (χ4v) is 4.10. The molecule has 2 aromatic heterocycles. The molecule has 1 fully saturated rings. The van der Waals surface area contributed by atoms with Gasteiger partial charge in [0.25, 0.3) is 0 Å². The van der Waals surface area contributed by atoms with Crippen LogP contribution in [0.25, 0.3) is 5.65 Å². The Morgan fingerprint density at radius 1 is 1.25 bits per heavy atom. The molecule has 3 nitrogen and oxygen atoms in total. The number of hydrogen-bond acceptors (Lipinski definition) is 2. The van der Waals surface area contributed by atoms with Gasteiger partial charge in [0.2, 0.25) is 0 Å². The van der Waals surface area contributed by atoms with Gasteiger partial charge in [-0.15, -0.1) is 0 Å². The molecule has 1 aliphatic rings. The summed E-state index contributed by atoms with van der Waals surface area (Å²) >= 11 is 0. The van der Waals surface area contributed by atoms with Crippen LogP contribution in [0.15, 0.2) is 18.3 Å². The van der Waals surface area contributed by atoms with Crippen LogP contribution in [0.5, 0.6) is 0 Å². The maximum Gasteiger partial charge on any atom is 0.137 e. The van der Waals surface area contributed by atoms with Crippen LogP contribution in [0.2, 0.25) is 0 Å². The molecule has 24 heavy (non-hydrogen) atoms. The molecule has 2 N–H and O–H groups in total. The lowest BCUT2D eigenvalue weighted by Gasteiger charge is -2.25. The summed E-state index contributed by atoms with van der Waals surface area (Å²) in [6.07, 6.45) is 11.5. The minimum Gasteiger partial charge on any atom is -0.323 e. The number of rotatable bonds is 4. The minimum atomic E-state index is 0.0116. The van der Waals surface area contributed by atoms with Crippen molar-refractivity contribution in [3.8, 4) is 0 Å². The third-order valence-corrected chi connectivity index (χ3v) is 5.49. The number of nitrogens with zero attached hydrogens (tertiary/aromatic N) is 2. The van der Waals surface area contributed by atoms with Gasteiger partial charge >= 0.3 is 0 Å². The predicted molar refractivity (Wildman–Crippen MR) is 101 cm³/mol. The Hall–Kier alpha value is -1.35. The van der Waals surface area contributed by atoms with E-state index in [2.05, 4.69) is 50.4 Å². The Morgan fingerprint density at radius 2 is 1.96 bits per heavy atom. The van der Waals surface area contributed by atoms with Crippen molar-refractivity contribution in [3.05, 3.63) is 35.3 Å². The zero-order valence-electron chi connectivity index (χ0n) is 15.8. The number of nitrogens with two attached hydrogens (primary N) is 1. The number of pyridine rings is 1. The third kappa shape index (κ3) is 3.66. The predicted octanol–water partition coefficient (Wildman–Crippen LogP) is 5.30. The van der Waals surface area contributed by atoms with E-state index in [9.17, 15) is 0 Å². The van der Waals surface area contributed by atoms with Gasteiger partial charge in [-0.3, -0.25) is 0 Å². The van der Waals surface area contributed by atoms with E-state index >= 15 is 0 Å². The summed E-state index contributed by atoms with van der Waals surface area (Å²) in [6.45, 7) is 8.82. The van der Waals surface area contributed by atoms with E-state index in [1.165, 1.54) is 49.8 Å². The summed E-state index contributed by atoms with van der Waals surface area (Å²) in [7, 11) is 0. The molecule has 0 bridgehead atoms. The zero-order chi connectivity index (χ0) is 17.3. The summed E-state index contributed by atoms with van der Waals surface area (Å²) in [5.74, 6) is 0.879. The zero-order valence-corrected chi connectivity index (χ0v) is 15.8. The van der Waals surface area contributed by atoms with Crippen LogP contribution >= 0.6 is 0 Å². The Balaban J connectivity index is 1.88. The van der Waals surface area contributed by atoms with Crippen molar-refractivity contribution < 1.29 is 0 Å². The molecule has 1 saturated carbocycles. The summed E-state index contributed by atoms with van der Waals surface area (Å²) in [5, 5.41) is 0. The lowest BCUT2D eigenvalue weighted by molar-refractivity contribution is 0.322. The van der Waals surface area contributed by atoms with Crippen molar-refractivity contribution in [2.24, 2.45) is 11.7 Å². The topological polar surface area (TPSA) is 43.3 Å². The van der Waals surface area contributed by atoms with Crippen LogP contribution in [0.1, 0.15) is 88.7 Å². The number of hydrogen-bond donors (Lipinski definition) is 1. The Bertz CT molecular complexity index is 687. The molecule has 1 aliphatic carbocycles. The summed E-state index contributed by atoms with van der Waals surface area (Å²) in [5.41, 5.74) is 11.4. The molecule has 1 atom stereocenters. The maximum absolute atomic E-state index is 6.70. The largest absolute Gasteiger partial charge is 0.323 e. The molecule has 0 spiro atoms. The lowest BCUT2D eigenvalue weighted by Crippen LogP contribution is -2.22. The Kier molecular flexibility index (Phi) is 5.00. The van der Waals surface area contributed by atoms with Crippen molar-refractivity contribution >= 4 is 5.65 Å². The van der Waals surface area contributed by atoms with Crippen LogP contribution in [0.4, 0.5) is 0 Å². The molecule has 1 unspecified atom stereocenters. The second-order valence-corrected chi connectivity index (χ2v) is 8.72. The van der Waals surface area contributed by atoms with Crippen molar-refractivity contribution in [2.45, 2.75) is 84.1 Å². The molecule has 3 rings (SSSR count). The van der Waals surface area contributed by atoms with E-state index in [0.29, 0.717) is 0 Å². The first kappa shape index (κ1) is 17.5. The molecule has 2 heterocycles. The van der Waals surface area contributed by atoms with E-state index < -0.39 is 0 Å². The van der Waals surface area contributed by atoms with E-state index in [1.807, 2.05) is 0 Å². The van der Waals surface area contributed by atoms with Gasteiger partial charge in [0, 0.05) is 17.7 Å². The average molecular weight is 328 g/mol. The highest BCUT2D eigenvalue weighted by molar-refractivity contribution is 5.48. The third-order valence-electron chi connectivity index (χ3n) is 5.49. The summed E-state index contributed by atoms with van der Waals surface area (Å²) in [6, 6.07) is 4.38. The maximum atomic E-state index is 6.70. The van der Waals surface area contributed by atoms with Crippen molar-refractivity contribution in [3.63, 3.8) is 0 Å². The van der Waals surface area contributed by atoms with Gasteiger partial charge in [-0.25, -0.2) is 4.98 Å². The summed E-state index contributed by atoms with van der Waals surface area (Å²) in [4.78, 5) is 4.94. The van der Waals surface area contributed by atoms with Gasteiger partial charge in [-0.2, -0.15) is 0 Å². The summed E-state index contributed by atoms with van der Waals surface area (Å²) < 4.78 is 2.22. The number of aromatic nitrogens is 2. The first-order chi connectivity index (χ1) is 11.4. The van der Waals surface area contributed by atoms with Crippen molar-refractivity contribution in [1.29, 1.82) is 0 Å². The van der Waals surface area contributed by atoms with E-state index in [-0.39, 0.29) is 11.5 Å². The fourth-order valence-electron chi connectivity index (χ4n) is 4.10. The SMILES string of the molecule is Cc1ccn2c(C(N)CCC3CCCCC3)c(C(C)(C)C)nc2c1. The van der Waals surface area contributed by atoms with Gasteiger partial charge in [-0.1, -0.05) is 52.9 Å². The number of imidazole rings is 1. The molecule has 3 heteroatoms. The molecule has 0 aliphatic heterocycles. The van der Waals surface area contributed by atoms with Gasteiger partial charge in [0.05, 0.1) is 11.4 Å². The Morgan fingerprint density at radius 3 is 2.62 bits per heavy atom. The molecule has 2 aromatic rings. The standard InChI is InChI=1S/C21H33N3/c1-15-12-13-24-18(14-15)23-20(21(2,3)4)19(24)17(22)11-10-16-8-6-5-7-9-16/h12-14,16-17H,5-11,22H2,1-4H3. The number of aryl methyl sites for hydroxylation is 1. The Labute approximate surface area is 146 Å². The monoisotopic (exact) mass is 327 g/mol. The van der Waals surface area contributed by atoms with Crippen molar-refractivity contribution in [2.75, 3.05) is 0 Å². The van der Waals surface area contributed by atoms with E-state index in [0.717, 1.165) is 23.7 Å². The molecule has 0 saturated heterocycles. The van der Waals surface area contributed by atoms with E-state index in [1.54, 1.807) is 0 Å². The molecule has 132 valence electrons. The molecule has 0 radical (unpaired) electrons. The first-order valence-corrected chi connectivity index (χ1v) is 9.61. The first-order valence-electron chi connectivity index (χ1n) is 9.61. The van der Waals surface area contributed by atoms with E-state index in [4.69, 9.17) is 10.7 Å². The van der Waals surface area contributed by atoms with Gasteiger partial charge in [0.15, 0.2) is 0 Å². The highest BCUT2D eigenvalue weighted by Crippen LogP contribution is 2.34. The molecule has 0 amide bonds. The minimum absolute atomic E-state index is 0.0116. The molecule has 0 aromatic carbocycles. The quantitative estimate of drug-likeness (QED) is 0.828. The van der Waals surface area contributed by atoms with Crippen LogP contribution in [0.3, 0.4) is 0 Å². The number of fused-ring (bicyclic) bond motifs is 1. The highest BCUT2D eigenvalue weighted by atomic mass is 15.0. The second-order valence-electron chi connectivity index (χ2n) is 8.72. The van der Waals surface area contributed by atoms with Crippen LogP contribution < -0.4 is 5.73 Å². The van der Waals surface area contributed by atoms with Crippen LogP contribution in [-0.2, 0) is 5.41 Å². The fraction of sp³-hybridized carbons (Fsp3) is 0.667. The smallest absolute Gasteiger partial charge is 0.137 e. The van der Waals surface area contributed by atoms with Gasteiger partial charge in [0.1, 0.15) is 5.65 Å². The molecular formula is C21H33N3. The van der Waals surface area contributed by atoms with Gasteiger partial charge < -0.3 is 10.1 Å². The van der Waals surface area contributed by atoms with Gasteiger partial charge in [-0.05, 0) is 43.4 Å².